The first kappa shape index (κ1) is 15.2. The van der Waals surface area contributed by atoms with E-state index in [-0.39, 0.29) is 6.10 Å². The van der Waals surface area contributed by atoms with Crippen LogP contribution >= 0.6 is 11.3 Å². The Morgan fingerprint density at radius 3 is 2.82 bits per heavy atom. The summed E-state index contributed by atoms with van der Waals surface area (Å²) < 4.78 is 0. The number of hydrogen-bond donors (Lipinski definition) is 1. The molecule has 6 heteroatoms. The van der Waals surface area contributed by atoms with Crippen LogP contribution in [0.5, 0.6) is 0 Å². The Kier molecular flexibility index (Phi) is 4.59. The van der Waals surface area contributed by atoms with Crippen molar-refractivity contribution < 1.29 is 5.11 Å². The molecule has 3 rings (SSSR count). The van der Waals surface area contributed by atoms with E-state index in [1.807, 2.05) is 6.07 Å². The van der Waals surface area contributed by atoms with Crippen molar-refractivity contribution in [2.24, 2.45) is 0 Å². The van der Waals surface area contributed by atoms with Crippen LogP contribution in [-0.2, 0) is 6.54 Å². The molecule has 0 saturated carbocycles. The predicted octanol–water partition coefficient (Wildman–Crippen LogP) is 2.44. The van der Waals surface area contributed by atoms with Crippen molar-refractivity contribution in [3.63, 3.8) is 0 Å². The van der Waals surface area contributed by atoms with Crippen LogP contribution in [-0.4, -0.2) is 41.3 Å². The van der Waals surface area contributed by atoms with E-state index in [2.05, 4.69) is 45.2 Å². The summed E-state index contributed by atoms with van der Waals surface area (Å²) in [5.74, 6) is 1.88. The van der Waals surface area contributed by atoms with Gasteiger partial charge in [0.15, 0.2) is 0 Å². The number of aliphatic hydroxyl groups is 1. The second-order valence-electron chi connectivity index (χ2n) is 5.84. The highest BCUT2D eigenvalue weighted by molar-refractivity contribution is 7.10. The first-order valence-electron chi connectivity index (χ1n) is 7.62. The molecule has 22 heavy (non-hydrogen) atoms. The third-order valence-corrected chi connectivity index (χ3v) is 5.17. The van der Waals surface area contributed by atoms with Gasteiger partial charge in [-0.3, -0.25) is 0 Å². The Labute approximate surface area is 135 Å². The van der Waals surface area contributed by atoms with Crippen LogP contribution in [0.4, 0.5) is 11.6 Å². The molecule has 0 spiro atoms. The molecule has 0 aliphatic carbocycles. The number of thiophene rings is 1. The zero-order valence-corrected chi connectivity index (χ0v) is 13.9. The van der Waals surface area contributed by atoms with Crippen molar-refractivity contribution in [3.8, 4) is 0 Å². The predicted molar refractivity (Wildman–Crippen MR) is 90.6 cm³/mol. The quantitative estimate of drug-likeness (QED) is 0.938. The van der Waals surface area contributed by atoms with Crippen LogP contribution < -0.4 is 9.80 Å². The van der Waals surface area contributed by atoms with Gasteiger partial charge in [-0.2, -0.15) is 0 Å². The summed E-state index contributed by atoms with van der Waals surface area (Å²) in [7, 11) is 2.06. The van der Waals surface area contributed by atoms with E-state index in [1.165, 1.54) is 10.4 Å². The maximum Gasteiger partial charge on any atom is 0.134 e. The molecule has 3 heterocycles. The molecule has 1 fully saturated rings. The second-order valence-corrected chi connectivity index (χ2v) is 6.84. The van der Waals surface area contributed by atoms with E-state index in [0.717, 1.165) is 44.1 Å². The SMILES string of the molecule is Cc1ccsc1CN(C)c1cc(N2CCC(O)CC2)ncn1. The minimum atomic E-state index is -0.165. The van der Waals surface area contributed by atoms with E-state index in [0.29, 0.717) is 0 Å². The molecule has 5 nitrogen and oxygen atoms in total. The Morgan fingerprint density at radius 2 is 2.14 bits per heavy atom. The smallest absolute Gasteiger partial charge is 0.134 e. The van der Waals surface area contributed by atoms with Crippen LogP contribution in [0.1, 0.15) is 23.3 Å². The molecule has 0 amide bonds. The lowest BCUT2D eigenvalue weighted by Crippen LogP contribution is -2.36. The summed E-state index contributed by atoms with van der Waals surface area (Å²) in [5, 5.41) is 11.7. The summed E-state index contributed by atoms with van der Waals surface area (Å²) in [6.07, 6.45) is 3.09. The Bertz CT molecular complexity index is 622. The number of rotatable bonds is 4. The lowest BCUT2D eigenvalue weighted by atomic mass is 10.1. The largest absolute Gasteiger partial charge is 0.393 e. The number of aryl methyl sites for hydroxylation is 1. The number of hydrogen-bond acceptors (Lipinski definition) is 6. The molecule has 1 saturated heterocycles. The van der Waals surface area contributed by atoms with Gasteiger partial charge in [-0.05, 0) is 36.8 Å². The van der Waals surface area contributed by atoms with Crippen LogP contribution in [0.3, 0.4) is 0 Å². The van der Waals surface area contributed by atoms with Crippen LogP contribution in [0.15, 0.2) is 23.8 Å². The standard InChI is InChI=1S/C16H22N4OS/c1-12-5-8-22-14(12)10-19(2)15-9-16(18-11-17-15)20-6-3-13(21)4-7-20/h5,8-9,11,13,21H,3-4,6-7,10H2,1-2H3. The van der Waals surface area contributed by atoms with Crippen molar-refractivity contribution in [1.29, 1.82) is 0 Å². The molecular formula is C16H22N4OS. The van der Waals surface area contributed by atoms with Gasteiger partial charge < -0.3 is 14.9 Å². The monoisotopic (exact) mass is 318 g/mol. The molecule has 0 radical (unpaired) electrons. The number of anilines is 2. The minimum Gasteiger partial charge on any atom is -0.393 e. The molecule has 1 aliphatic heterocycles. The third kappa shape index (κ3) is 3.39. The Morgan fingerprint density at radius 1 is 1.36 bits per heavy atom. The van der Waals surface area contributed by atoms with E-state index in [9.17, 15) is 5.11 Å². The highest BCUT2D eigenvalue weighted by Crippen LogP contribution is 2.23. The molecule has 1 aliphatic rings. The highest BCUT2D eigenvalue weighted by atomic mass is 32.1. The van der Waals surface area contributed by atoms with Crippen LogP contribution in [0, 0.1) is 6.92 Å². The Balaban J connectivity index is 1.72. The van der Waals surface area contributed by atoms with Crippen molar-refractivity contribution in [1.82, 2.24) is 9.97 Å². The van der Waals surface area contributed by atoms with Crippen molar-refractivity contribution in [3.05, 3.63) is 34.3 Å². The molecule has 2 aromatic heterocycles. The van der Waals surface area contributed by atoms with Crippen LogP contribution in [0.2, 0.25) is 0 Å². The van der Waals surface area contributed by atoms with Gasteiger partial charge in [-0.15, -0.1) is 11.3 Å². The molecule has 0 aromatic carbocycles. The fourth-order valence-electron chi connectivity index (χ4n) is 2.68. The Hall–Kier alpha value is -1.66. The number of aromatic nitrogens is 2. The van der Waals surface area contributed by atoms with Crippen molar-refractivity contribution in [2.45, 2.75) is 32.4 Å². The molecular weight excluding hydrogens is 296 g/mol. The number of piperidine rings is 1. The maximum absolute atomic E-state index is 9.62. The molecule has 118 valence electrons. The van der Waals surface area contributed by atoms with Crippen molar-refractivity contribution >= 4 is 23.0 Å². The van der Waals surface area contributed by atoms with Gasteiger partial charge in [0, 0.05) is 31.1 Å². The van der Waals surface area contributed by atoms with Gasteiger partial charge in [0.25, 0.3) is 0 Å². The average molecular weight is 318 g/mol. The van der Waals surface area contributed by atoms with E-state index in [1.54, 1.807) is 17.7 Å². The van der Waals surface area contributed by atoms with Crippen LogP contribution in [0.25, 0.3) is 0 Å². The molecule has 0 atom stereocenters. The average Bonchev–Trinajstić information content (AvgIpc) is 2.93. The summed E-state index contributed by atoms with van der Waals surface area (Å²) >= 11 is 1.78. The molecule has 1 N–H and O–H groups in total. The van der Waals surface area contributed by atoms with Gasteiger partial charge in [0.2, 0.25) is 0 Å². The number of aliphatic hydroxyl groups excluding tert-OH is 1. The summed E-state index contributed by atoms with van der Waals surface area (Å²) in [6, 6.07) is 4.19. The maximum atomic E-state index is 9.62. The van der Waals surface area contributed by atoms with Crippen molar-refractivity contribution in [2.75, 3.05) is 29.9 Å². The zero-order valence-electron chi connectivity index (χ0n) is 13.1. The number of nitrogens with zero attached hydrogens (tertiary/aromatic N) is 4. The van der Waals surface area contributed by atoms with E-state index >= 15 is 0 Å². The summed E-state index contributed by atoms with van der Waals surface area (Å²) in [5.41, 5.74) is 1.33. The molecule has 2 aromatic rings. The molecule has 0 bridgehead atoms. The zero-order chi connectivity index (χ0) is 15.5. The lowest BCUT2D eigenvalue weighted by molar-refractivity contribution is 0.145. The van der Waals surface area contributed by atoms with Gasteiger partial charge in [-0.1, -0.05) is 0 Å². The fraction of sp³-hybridized carbons (Fsp3) is 0.500. The second kappa shape index (κ2) is 6.62. The first-order valence-corrected chi connectivity index (χ1v) is 8.50. The van der Waals surface area contributed by atoms with Gasteiger partial charge in [0.05, 0.1) is 12.6 Å². The van der Waals surface area contributed by atoms with Gasteiger partial charge in [-0.25, -0.2) is 9.97 Å². The van der Waals surface area contributed by atoms with E-state index in [4.69, 9.17) is 0 Å². The third-order valence-electron chi connectivity index (χ3n) is 4.17. The minimum absolute atomic E-state index is 0.165. The normalized spacial score (nSPS) is 16.0. The lowest BCUT2D eigenvalue weighted by Gasteiger charge is -2.31. The topological polar surface area (TPSA) is 52.5 Å². The van der Waals surface area contributed by atoms with E-state index < -0.39 is 0 Å². The molecule has 0 unspecified atom stereocenters. The summed E-state index contributed by atoms with van der Waals surface area (Å²) in [6.45, 7) is 4.71. The van der Waals surface area contributed by atoms with Gasteiger partial charge >= 0.3 is 0 Å². The van der Waals surface area contributed by atoms with Gasteiger partial charge in [0.1, 0.15) is 18.0 Å². The first-order chi connectivity index (χ1) is 10.6. The highest BCUT2D eigenvalue weighted by Gasteiger charge is 2.19. The summed E-state index contributed by atoms with van der Waals surface area (Å²) in [4.78, 5) is 14.5. The fourth-order valence-corrected chi connectivity index (χ4v) is 3.63.